The first kappa shape index (κ1) is 18.5. The number of hydrogen-bond acceptors (Lipinski definition) is 8. The zero-order valence-corrected chi connectivity index (χ0v) is 17.0. The number of anilines is 3. The molecule has 0 spiro atoms. The lowest BCUT2D eigenvalue weighted by Crippen LogP contribution is -2.30. The second-order valence-electron chi connectivity index (χ2n) is 7.37. The minimum Gasteiger partial charge on any atom is -0.478 e. The quantitative estimate of drug-likeness (QED) is 0.662. The number of hydrogen-bond donors (Lipinski definition) is 2. The molecule has 0 amide bonds. The molecular weight excluding hydrogens is 358 g/mol. The van der Waals surface area contributed by atoms with E-state index in [4.69, 9.17) is 14.7 Å². The van der Waals surface area contributed by atoms with E-state index in [-0.39, 0.29) is 6.04 Å². The lowest BCUT2D eigenvalue weighted by molar-refractivity contribution is 0.384. The van der Waals surface area contributed by atoms with Crippen LogP contribution in [-0.4, -0.2) is 62.6 Å². The number of nitrogens with one attached hydrogen (secondary N) is 2. The zero-order valence-electron chi connectivity index (χ0n) is 17.0. The van der Waals surface area contributed by atoms with E-state index >= 15 is 0 Å². The third-order valence-electron chi connectivity index (χ3n) is 5.10. The summed E-state index contributed by atoms with van der Waals surface area (Å²) in [4.78, 5) is 16.2. The largest absolute Gasteiger partial charge is 0.478 e. The van der Waals surface area contributed by atoms with E-state index in [1.807, 2.05) is 29.5 Å². The third kappa shape index (κ3) is 3.24. The number of methoxy groups -OCH3 is 1. The fourth-order valence-electron chi connectivity index (χ4n) is 3.41. The SMILES string of the molecule is CNC1CCN(c2nc(Nc3cn(C(C)C)nc3OC)c3ncn(C)c3n2)C1. The fourth-order valence-corrected chi connectivity index (χ4v) is 3.41. The molecule has 4 rings (SSSR count). The Bertz CT molecular complexity index is 977. The average molecular weight is 385 g/mol. The van der Waals surface area contributed by atoms with E-state index in [0.717, 1.165) is 36.4 Å². The summed E-state index contributed by atoms with van der Waals surface area (Å²) >= 11 is 0. The molecular formula is C18H27N9O. The van der Waals surface area contributed by atoms with Crippen molar-refractivity contribution in [2.75, 3.05) is 37.5 Å². The second-order valence-corrected chi connectivity index (χ2v) is 7.37. The van der Waals surface area contributed by atoms with Gasteiger partial charge in [-0.1, -0.05) is 0 Å². The van der Waals surface area contributed by atoms with Crippen LogP contribution < -0.4 is 20.3 Å². The van der Waals surface area contributed by atoms with E-state index in [9.17, 15) is 0 Å². The Hall–Kier alpha value is -2.88. The Labute approximate surface area is 163 Å². The highest BCUT2D eigenvalue weighted by molar-refractivity contribution is 5.87. The van der Waals surface area contributed by atoms with Gasteiger partial charge in [-0.2, -0.15) is 9.97 Å². The van der Waals surface area contributed by atoms with Crippen LogP contribution in [0.5, 0.6) is 5.88 Å². The van der Waals surface area contributed by atoms with Crippen LogP contribution in [0.25, 0.3) is 11.2 Å². The number of ether oxygens (including phenoxy) is 1. The van der Waals surface area contributed by atoms with E-state index < -0.39 is 0 Å². The van der Waals surface area contributed by atoms with Gasteiger partial charge in [-0.15, -0.1) is 5.10 Å². The van der Waals surface area contributed by atoms with Gasteiger partial charge in [-0.25, -0.2) is 4.98 Å². The van der Waals surface area contributed by atoms with Crippen LogP contribution >= 0.6 is 0 Å². The summed E-state index contributed by atoms with van der Waals surface area (Å²) in [5, 5.41) is 11.2. The van der Waals surface area contributed by atoms with Crippen LogP contribution in [0.3, 0.4) is 0 Å². The molecule has 1 atom stereocenters. The average Bonchev–Trinajstić information content (AvgIpc) is 3.40. The van der Waals surface area contributed by atoms with Crippen LogP contribution in [0, 0.1) is 0 Å². The van der Waals surface area contributed by atoms with Gasteiger partial charge in [0.15, 0.2) is 17.0 Å². The molecule has 1 fully saturated rings. The summed E-state index contributed by atoms with van der Waals surface area (Å²) in [6.07, 6.45) is 4.75. The molecule has 3 aromatic heterocycles. The molecule has 0 bridgehead atoms. The van der Waals surface area contributed by atoms with Crippen LogP contribution in [0.4, 0.5) is 17.5 Å². The van der Waals surface area contributed by atoms with Gasteiger partial charge in [-0.3, -0.25) is 4.68 Å². The van der Waals surface area contributed by atoms with Gasteiger partial charge in [0.05, 0.1) is 19.6 Å². The van der Waals surface area contributed by atoms with Gasteiger partial charge < -0.3 is 24.8 Å². The van der Waals surface area contributed by atoms with Crippen molar-refractivity contribution in [3.8, 4) is 5.88 Å². The van der Waals surface area contributed by atoms with Crippen molar-refractivity contribution < 1.29 is 4.74 Å². The van der Waals surface area contributed by atoms with E-state index in [1.165, 1.54) is 0 Å². The van der Waals surface area contributed by atoms with Crippen molar-refractivity contribution in [1.29, 1.82) is 0 Å². The van der Waals surface area contributed by atoms with Crippen molar-refractivity contribution >= 4 is 28.6 Å². The van der Waals surface area contributed by atoms with Crippen LogP contribution in [0.1, 0.15) is 26.3 Å². The van der Waals surface area contributed by atoms with E-state index in [1.54, 1.807) is 13.4 Å². The number of rotatable bonds is 6. The molecule has 4 heterocycles. The fraction of sp³-hybridized carbons (Fsp3) is 0.556. The molecule has 0 aliphatic carbocycles. The number of imidazole rings is 1. The van der Waals surface area contributed by atoms with Gasteiger partial charge in [0.2, 0.25) is 5.95 Å². The first-order valence-corrected chi connectivity index (χ1v) is 9.51. The molecule has 0 saturated carbocycles. The molecule has 28 heavy (non-hydrogen) atoms. The zero-order chi connectivity index (χ0) is 19.8. The lowest BCUT2D eigenvalue weighted by atomic mass is 10.3. The maximum absolute atomic E-state index is 5.44. The molecule has 1 unspecified atom stereocenters. The third-order valence-corrected chi connectivity index (χ3v) is 5.10. The van der Waals surface area contributed by atoms with Crippen LogP contribution in [-0.2, 0) is 7.05 Å². The Kier molecular flexibility index (Phi) is 4.80. The summed E-state index contributed by atoms with van der Waals surface area (Å²) in [5.74, 6) is 1.87. The first-order chi connectivity index (χ1) is 13.5. The molecule has 0 radical (unpaired) electrons. The highest BCUT2D eigenvalue weighted by atomic mass is 16.5. The predicted octanol–water partition coefficient (Wildman–Crippen LogP) is 1.69. The molecule has 1 saturated heterocycles. The minimum atomic E-state index is 0.225. The number of nitrogens with zero attached hydrogens (tertiary/aromatic N) is 7. The monoisotopic (exact) mass is 385 g/mol. The maximum Gasteiger partial charge on any atom is 0.256 e. The number of fused-ring (bicyclic) bond motifs is 1. The standard InChI is InChI=1S/C18H27N9O/c1-11(2)27-9-13(17(24-27)28-5)21-15-14-16(25(4)10-20-14)23-18(22-15)26-7-6-12(8-26)19-3/h9-12,19H,6-8H2,1-5H3,(H,21,22,23). The van der Waals surface area contributed by atoms with Gasteiger partial charge in [0, 0.05) is 32.2 Å². The van der Waals surface area contributed by atoms with Gasteiger partial charge in [0.25, 0.3) is 5.88 Å². The van der Waals surface area contributed by atoms with Crippen molar-refractivity contribution in [3.63, 3.8) is 0 Å². The molecule has 0 aromatic carbocycles. The maximum atomic E-state index is 5.44. The van der Waals surface area contributed by atoms with Crippen molar-refractivity contribution in [2.24, 2.45) is 7.05 Å². The summed E-state index contributed by atoms with van der Waals surface area (Å²) in [7, 11) is 5.54. The van der Waals surface area contributed by atoms with E-state index in [0.29, 0.717) is 23.7 Å². The van der Waals surface area contributed by atoms with Gasteiger partial charge in [0.1, 0.15) is 5.69 Å². The van der Waals surface area contributed by atoms with Gasteiger partial charge >= 0.3 is 0 Å². The van der Waals surface area contributed by atoms with Crippen LogP contribution in [0.15, 0.2) is 12.5 Å². The predicted molar refractivity (Wildman–Crippen MR) is 108 cm³/mol. The van der Waals surface area contributed by atoms with Crippen molar-refractivity contribution in [2.45, 2.75) is 32.4 Å². The number of aromatic nitrogens is 6. The number of likely N-dealkylation sites (N-methyl/N-ethyl adjacent to an activating group) is 1. The smallest absolute Gasteiger partial charge is 0.256 e. The second kappa shape index (κ2) is 7.27. The normalized spacial score (nSPS) is 17.1. The first-order valence-electron chi connectivity index (χ1n) is 9.51. The Morgan fingerprint density at radius 2 is 2.11 bits per heavy atom. The van der Waals surface area contributed by atoms with Crippen molar-refractivity contribution in [3.05, 3.63) is 12.5 Å². The molecule has 3 aromatic rings. The Morgan fingerprint density at radius 3 is 2.79 bits per heavy atom. The Balaban J connectivity index is 1.74. The van der Waals surface area contributed by atoms with Crippen molar-refractivity contribution in [1.82, 2.24) is 34.6 Å². The highest BCUT2D eigenvalue weighted by Crippen LogP contribution is 2.31. The summed E-state index contributed by atoms with van der Waals surface area (Å²) in [6, 6.07) is 0.676. The highest BCUT2D eigenvalue weighted by Gasteiger charge is 2.25. The molecule has 1 aliphatic rings. The Morgan fingerprint density at radius 1 is 1.29 bits per heavy atom. The van der Waals surface area contributed by atoms with E-state index in [2.05, 4.69) is 39.5 Å². The number of aryl methyl sites for hydroxylation is 1. The topological polar surface area (TPSA) is 98.0 Å². The molecule has 2 N–H and O–H groups in total. The summed E-state index contributed by atoms with van der Waals surface area (Å²) in [5.41, 5.74) is 2.26. The lowest BCUT2D eigenvalue weighted by Gasteiger charge is -2.17. The van der Waals surface area contributed by atoms with Crippen LogP contribution in [0.2, 0.25) is 0 Å². The molecule has 1 aliphatic heterocycles. The van der Waals surface area contributed by atoms with Gasteiger partial charge in [-0.05, 0) is 27.3 Å². The molecule has 150 valence electrons. The molecule has 10 nitrogen and oxygen atoms in total. The molecule has 10 heteroatoms. The minimum absolute atomic E-state index is 0.225. The summed E-state index contributed by atoms with van der Waals surface area (Å²) < 4.78 is 9.21. The summed E-state index contributed by atoms with van der Waals surface area (Å²) in [6.45, 7) is 5.94.